The summed E-state index contributed by atoms with van der Waals surface area (Å²) in [5.41, 5.74) is 3.10. The minimum Gasteiger partial charge on any atom is -0.484 e. The lowest BCUT2D eigenvalue weighted by molar-refractivity contribution is -0.142. The van der Waals surface area contributed by atoms with Gasteiger partial charge >= 0.3 is 0 Å². The number of aryl methyl sites for hydroxylation is 2. The van der Waals surface area contributed by atoms with Gasteiger partial charge in [0.1, 0.15) is 11.8 Å². The van der Waals surface area contributed by atoms with Crippen molar-refractivity contribution in [3.63, 3.8) is 0 Å². The van der Waals surface area contributed by atoms with Crippen LogP contribution in [0.4, 0.5) is 0 Å². The Morgan fingerprint density at radius 1 is 1.00 bits per heavy atom. The number of hydrogen-bond donors (Lipinski definition) is 1. The third kappa shape index (κ3) is 6.33. The SMILES string of the molecule is Cc1ccccc1CN(C(=O)COc1ccccc1C)C(C)C(=O)NC1CCCCC1. The van der Waals surface area contributed by atoms with Crippen molar-refractivity contribution in [2.24, 2.45) is 0 Å². The molecule has 1 saturated carbocycles. The van der Waals surface area contributed by atoms with Gasteiger partial charge in [0.25, 0.3) is 5.91 Å². The van der Waals surface area contributed by atoms with E-state index in [1.807, 2.05) is 69.3 Å². The molecule has 0 saturated heterocycles. The second-order valence-electron chi connectivity index (χ2n) is 8.52. The Labute approximate surface area is 185 Å². The minimum absolute atomic E-state index is 0.0928. The molecule has 1 fully saturated rings. The van der Waals surface area contributed by atoms with E-state index in [0.29, 0.717) is 12.3 Å². The average molecular weight is 423 g/mol. The van der Waals surface area contributed by atoms with Gasteiger partial charge in [-0.2, -0.15) is 0 Å². The molecule has 5 nitrogen and oxygen atoms in total. The van der Waals surface area contributed by atoms with Gasteiger partial charge in [0.05, 0.1) is 0 Å². The second kappa shape index (κ2) is 11.0. The van der Waals surface area contributed by atoms with E-state index in [1.165, 1.54) is 6.42 Å². The van der Waals surface area contributed by atoms with Crippen molar-refractivity contribution in [1.82, 2.24) is 10.2 Å². The van der Waals surface area contributed by atoms with E-state index in [2.05, 4.69) is 5.32 Å². The number of carbonyl (C=O) groups is 2. The average Bonchev–Trinajstić information content (AvgIpc) is 2.78. The molecular weight excluding hydrogens is 388 g/mol. The molecule has 2 aromatic rings. The molecule has 0 aromatic heterocycles. The highest BCUT2D eigenvalue weighted by Gasteiger charge is 2.28. The van der Waals surface area contributed by atoms with Gasteiger partial charge in [-0.05, 0) is 56.4 Å². The van der Waals surface area contributed by atoms with Crippen LogP contribution < -0.4 is 10.1 Å². The van der Waals surface area contributed by atoms with Gasteiger partial charge < -0.3 is 15.0 Å². The van der Waals surface area contributed by atoms with Crippen molar-refractivity contribution in [1.29, 1.82) is 0 Å². The molecule has 166 valence electrons. The van der Waals surface area contributed by atoms with E-state index in [1.54, 1.807) is 4.90 Å². The first kappa shape index (κ1) is 22.9. The van der Waals surface area contributed by atoms with Crippen LogP contribution in [0.3, 0.4) is 0 Å². The first-order valence-electron chi connectivity index (χ1n) is 11.3. The van der Waals surface area contributed by atoms with Crippen molar-refractivity contribution in [2.45, 2.75) is 71.5 Å². The molecule has 31 heavy (non-hydrogen) atoms. The van der Waals surface area contributed by atoms with Crippen LogP contribution in [0.25, 0.3) is 0 Å². The number of carbonyl (C=O) groups excluding carboxylic acids is 2. The van der Waals surface area contributed by atoms with Crippen molar-refractivity contribution < 1.29 is 14.3 Å². The maximum absolute atomic E-state index is 13.2. The first-order valence-corrected chi connectivity index (χ1v) is 11.3. The van der Waals surface area contributed by atoms with E-state index >= 15 is 0 Å². The second-order valence-corrected chi connectivity index (χ2v) is 8.52. The van der Waals surface area contributed by atoms with Gasteiger partial charge in [-0.15, -0.1) is 0 Å². The molecule has 2 aromatic carbocycles. The fourth-order valence-corrected chi connectivity index (χ4v) is 4.06. The van der Waals surface area contributed by atoms with Gasteiger partial charge in [0.2, 0.25) is 5.91 Å². The van der Waals surface area contributed by atoms with Crippen LogP contribution in [0.1, 0.15) is 55.7 Å². The predicted molar refractivity (Wildman–Crippen MR) is 123 cm³/mol. The Hall–Kier alpha value is -2.82. The van der Waals surface area contributed by atoms with Crippen LogP contribution >= 0.6 is 0 Å². The molecule has 1 N–H and O–H groups in total. The maximum atomic E-state index is 13.2. The van der Waals surface area contributed by atoms with E-state index < -0.39 is 6.04 Å². The van der Waals surface area contributed by atoms with Crippen LogP contribution in [-0.4, -0.2) is 35.4 Å². The summed E-state index contributed by atoms with van der Waals surface area (Å²) in [6, 6.07) is 15.2. The molecule has 3 rings (SSSR count). The van der Waals surface area contributed by atoms with Crippen LogP contribution in [0.5, 0.6) is 5.75 Å². The number of ether oxygens (including phenoxy) is 1. The van der Waals surface area contributed by atoms with Crippen molar-refractivity contribution in [2.75, 3.05) is 6.61 Å². The van der Waals surface area contributed by atoms with Crippen LogP contribution in [0.2, 0.25) is 0 Å². The molecule has 5 heteroatoms. The number of para-hydroxylation sites is 1. The molecule has 0 heterocycles. The standard InChI is InChI=1S/C26H34N2O3/c1-19-11-7-9-13-22(19)17-28(21(3)26(30)27-23-14-5-4-6-15-23)25(29)18-31-24-16-10-8-12-20(24)2/h7-13,16,21,23H,4-6,14-15,17-18H2,1-3H3,(H,27,30). The molecule has 0 bridgehead atoms. The molecule has 0 radical (unpaired) electrons. The zero-order chi connectivity index (χ0) is 22.2. The Morgan fingerprint density at radius 2 is 1.65 bits per heavy atom. The number of amides is 2. The maximum Gasteiger partial charge on any atom is 0.261 e. The predicted octanol–water partition coefficient (Wildman–Crippen LogP) is 4.55. The zero-order valence-corrected chi connectivity index (χ0v) is 18.9. The van der Waals surface area contributed by atoms with E-state index in [4.69, 9.17) is 4.74 Å². The first-order chi connectivity index (χ1) is 15.0. The minimum atomic E-state index is -0.575. The summed E-state index contributed by atoms with van der Waals surface area (Å²) in [6.45, 7) is 6.06. The number of hydrogen-bond acceptors (Lipinski definition) is 3. The normalized spacial score (nSPS) is 15.2. The van der Waals surface area contributed by atoms with Gasteiger partial charge in [-0.3, -0.25) is 9.59 Å². The Morgan fingerprint density at radius 3 is 2.32 bits per heavy atom. The van der Waals surface area contributed by atoms with Crippen molar-refractivity contribution in [3.8, 4) is 5.75 Å². The third-order valence-corrected chi connectivity index (χ3v) is 6.17. The summed E-state index contributed by atoms with van der Waals surface area (Å²) in [4.78, 5) is 27.9. The lowest BCUT2D eigenvalue weighted by Crippen LogP contribution is -2.51. The summed E-state index contributed by atoms with van der Waals surface area (Å²) >= 11 is 0. The van der Waals surface area contributed by atoms with Crippen molar-refractivity contribution >= 4 is 11.8 Å². The topological polar surface area (TPSA) is 58.6 Å². The number of nitrogens with zero attached hydrogens (tertiary/aromatic N) is 1. The zero-order valence-electron chi connectivity index (χ0n) is 18.9. The van der Waals surface area contributed by atoms with Crippen LogP contribution in [-0.2, 0) is 16.1 Å². The summed E-state index contributed by atoms with van der Waals surface area (Å²) in [5.74, 6) is 0.397. The largest absolute Gasteiger partial charge is 0.484 e. The monoisotopic (exact) mass is 422 g/mol. The quantitative estimate of drug-likeness (QED) is 0.679. The molecule has 2 amide bonds. The summed E-state index contributed by atoms with van der Waals surface area (Å²) < 4.78 is 5.80. The summed E-state index contributed by atoms with van der Waals surface area (Å²) in [5, 5.41) is 3.16. The van der Waals surface area contributed by atoms with E-state index in [-0.39, 0.29) is 24.5 Å². The molecular formula is C26H34N2O3. The molecule has 0 aliphatic heterocycles. The Bertz CT molecular complexity index is 890. The van der Waals surface area contributed by atoms with Crippen LogP contribution in [0.15, 0.2) is 48.5 Å². The highest BCUT2D eigenvalue weighted by molar-refractivity contribution is 5.88. The fraction of sp³-hybridized carbons (Fsp3) is 0.462. The molecule has 1 unspecified atom stereocenters. The number of nitrogens with one attached hydrogen (secondary N) is 1. The fourth-order valence-electron chi connectivity index (χ4n) is 4.06. The van der Waals surface area contributed by atoms with E-state index in [9.17, 15) is 9.59 Å². The lowest BCUT2D eigenvalue weighted by atomic mass is 9.95. The van der Waals surface area contributed by atoms with Gasteiger partial charge in [0.15, 0.2) is 6.61 Å². The molecule has 1 aliphatic carbocycles. The van der Waals surface area contributed by atoms with Gasteiger partial charge in [-0.25, -0.2) is 0 Å². The van der Waals surface area contributed by atoms with Crippen LogP contribution in [0, 0.1) is 13.8 Å². The molecule has 1 atom stereocenters. The molecule has 0 spiro atoms. The number of rotatable bonds is 8. The summed E-state index contributed by atoms with van der Waals surface area (Å²) in [7, 11) is 0. The Kier molecular flexibility index (Phi) is 8.10. The smallest absolute Gasteiger partial charge is 0.261 e. The van der Waals surface area contributed by atoms with Crippen molar-refractivity contribution in [3.05, 3.63) is 65.2 Å². The van der Waals surface area contributed by atoms with E-state index in [0.717, 1.165) is 42.4 Å². The van der Waals surface area contributed by atoms with Gasteiger partial charge in [0, 0.05) is 12.6 Å². The number of benzene rings is 2. The third-order valence-electron chi connectivity index (χ3n) is 6.17. The summed E-state index contributed by atoms with van der Waals surface area (Å²) in [6.07, 6.45) is 5.56. The highest BCUT2D eigenvalue weighted by Crippen LogP contribution is 2.20. The highest BCUT2D eigenvalue weighted by atomic mass is 16.5. The molecule has 1 aliphatic rings. The lowest BCUT2D eigenvalue weighted by Gasteiger charge is -2.31. The Balaban J connectivity index is 1.72. The van der Waals surface area contributed by atoms with Gasteiger partial charge in [-0.1, -0.05) is 61.7 Å².